The first-order chi connectivity index (χ1) is 14.2. The van der Waals surface area contributed by atoms with Gasteiger partial charge in [-0.05, 0) is 69.4 Å². The Balaban J connectivity index is 1.82. The zero-order chi connectivity index (χ0) is 21.8. The Kier molecular flexibility index (Phi) is 7.66. The monoisotopic (exact) mass is 451 g/mol. The number of carboxylic acid groups (broad SMARTS) is 1. The Hall–Kier alpha value is -1.34. The van der Waals surface area contributed by atoms with Gasteiger partial charge in [-0.15, -0.1) is 23.5 Å². The summed E-state index contributed by atoms with van der Waals surface area (Å²) >= 11 is 3.57. The highest BCUT2D eigenvalue weighted by Gasteiger charge is 2.51. The fourth-order valence-electron chi connectivity index (χ4n) is 4.55. The van der Waals surface area contributed by atoms with Crippen LogP contribution in [-0.4, -0.2) is 40.3 Å². The molecule has 1 saturated carbocycles. The minimum Gasteiger partial charge on any atom is -0.481 e. The van der Waals surface area contributed by atoms with Gasteiger partial charge in [-0.2, -0.15) is 0 Å². The van der Waals surface area contributed by atoms with Crippen LogP contribution in [0.3, 0.4) is 0 Å². The Bertz CT molecular complexity index is 728. The third-order valence-electron chi connectivity index (χ3n) is 5.68. The summed E-state index contributed by atoms with van der Waals surface area (Å²) < 4.78 is 4.93. The average Bonchev–Trinajstić information content (AvgIpc) is 2.68. The van der Waals surface area contributed by atoms with Crippen LogP contribution in [0.1, 0.15) is 58.4 Å². The number of aliphatic carboxylic acids is 1. The molecule has 1 heterocycles. The summed E-state index contributed by atoms with van der Waals surface area (Å²) in [4.78, 5) is 24.9. The maximum Gasteiger partial charge on any atom is 0.407 e. The fraction of sp³-hybridized carbons (Fsp3) is 0.652. The zero-order valence-electron chi connectivity index (χ0n) is 18.1. The van der Waals surface area contributed by atoms with E-state index in [0.717, 1.165) is 42.8 Å². The van der Waals surface area contributed by atoms with Gasteiger partial charge < -0.3 is 15.2 Å². The lowest BCUT2D eigenvalue weighted by Crippen LogP contribution is -2.47. The van der Waals surface area contributed by atoms with Crippen molar-refractivity contribution in [3.63, 3.8) is 0 Å². The summed E-state index contributed by atoms with van der Waals surface area (Å²) in [5.74, 6) is 0.715. The van der Waals surface area contributed by atoms with Gasteiger partial charge in [-0.1, -0.05) is 36.8 Å². The summed E-state index contributed by atoms with van der Waals surface area (Å²) in [5, 5.41) is 13.4. The predicted octanol–water partition coefficient (Wildman–Crippen LogP) is 5.49. The van der Waals surface area contributed by atoms with Crippen LogP contribution in [0.25, 0.3) is 0 Å². The van der Waals surface area contributed by atoms with E-state index in [1.165, 1.54) is 0 Å². The van der Waals surface area contributed by atoms with Crippen LogP contribution >= 0.6 is 23.5 Å². The second-order valence-corrected chi connectivity index (χ2v) is 12.1. The van der Waals surface area contributed by atoms with E-state index >= 15 is 0 Å². The number of alkyl carbamates (subject to hydrolysis) is 1. The lowest BCUT2D eigenvalue weighted by Gasteiger charge is -2.45. The first kappa shape index (κ1) is 23.3. The lowest BCUT2D eigenvalue weighted by molar-refractivity contribution is -0.144. The number of rotatable bonds is 5. The Labute approximate surface area is 188 Å². The molecule has 2 aliphatic rings. The second kappa shape index (κ2) is 9.86. The van der Waals surface area contributed by atoms with Crippen molar-refractivity contribution >= 4 is 35.6 Å². The third kappa shape index (κ3) is 5.67. The molecule has 30 heavy (non-hydrogen) atoms. The number of benzene rings is 1. The first-order valence-corrected chi connectivity index (χ1v) is 12.7. The van der Waals surface area contributed by atoms with Crippen LogP contribution in [0.5, 0.6) is 0 Å². The van der Waals surface area contributed by atoms with E-state index in [2.05, 4.69) is 17.4 Å². The lowest BCUT2D eigenvalue weighted by atomic mass is 9.75. The fourth-order valence-corrected chi connectivity index (χ4v) is 8.31. The van der Waals surface area contributed by atoms with Gasteiger partial charge in [0.05, 0.1) is 10.00 Å². The number of carbonyl (C=O) groups excluding carboxylic acids is 1. The summed E-state index contributed by atoms with van der Waals surface area (Å²) in [6.07, 6.45) is 4.00. The molecule has 3 rings (SSSR count). The molecule has 1 saturated heterocycles. The Morgan fingerprint density at radius 3 is 2.40 bits per heavy atom. The van der Waals surface area contributed by atoms with Gasteiger partial charge in [-0.3, -0.25) is 4.79 Å². The topological polar surface area (TPSA) is 75.6 Å². The Morgan fingerprint density at radius 1 is 1.13 bits per heavy atom. The summed E-state index contributed by atoms with van der Waals surface area (Å²) in [6.45, 7) is 5.54. The van der Waals surface area contributed by atoms with Crippen molar-refractivity contribution in [1.29, 1.82) is 0 Å². The standard InChI is InChI=1S/C23H33NO4S2/c1-22(2,3)28-21(27)24-18-12-7-9-16(15-18)19(20(25)26)23(29-13-8-14-30-23)17-10-5-4-6-11-17/h4-6,10-11,16,18-19H,7-9,12-15H2,1-3H3,(H,24,27)(H,25,26). The van der Waals surface area contributed by atoms with Gasteiger partial charge >= 0.3 is 12.1 Å². The molecule has 2 N–H and O–H groups in total. The number of carbonyl (C=O) groups is 2. The van der Waals surface area contributed by atoms with Crippen LogP contribution in [0.15, 0.2) is 30.3 Å². The summed E-state index contributed by atoms with van der Waals surface area (Å²) in [5.41, 5.74) is 0.545. The highest BCUT2D eigenvalue weighted by molar-refractivity contribution is 8.18. The molecule has 1 amide bonds. The number of carboxylic acids is 1. The van der Waals surface area contributed by atoms with E-state index in [9.17, 15) is 14.7 Å². The molecule has 1 aromatic rings. The molecule has 0 aromatic heterocycles. The molecular weight excluding hydrogens is 418 g/mol. The van der Waals surface area contributed by atoms with E-state index in [4.69, 9.17) is 4.74 Å². The second-order valence-electron chi connectivity index (χ2n) is 9.17. The van der Waals surface area contributed by atoms with Crippen molar-refractivity contribution in [2.24, 2.45) is 11.8 Å². The van der Waals surface area contributed by atoms with Gasteiger partial charge in [0.2, 0.25) is 0 Å². The molecule has 1 aliphatic heterocycles. The SMILES string of the molecule is CC(C)(C)OC(=O)NC1CCCC(C(C(=O)O)C2(c3ccccc3)SCCCS2)C1. The normalized spacial score (nSPS) is 25.2. The minimum absolute atomic E-state index is 0.00879. The largest absolute Gasteiger partial charge is 0.481 e. The number of hydrogen-bond donors (Lipinski definition) is 2. The predicted molar refractivity (Wildman–Crippen MR) is 124 cm³/mol. The molecule has 1 aromatic carbocycles. The van der Waals surface area contributed by atoms with Crippen molar-refractivity contribution in [3.8, 4) is 0 Å². The molecule has 5 nitrogen and oxygen atoms in total. The quantitative estimate of drug-likeness (QED) is 0.616. The van der Waals surface area contributed by atoms with E-state index in [0.29, 0.717) is 6.42 Å². The van der Waals surface area contributed by atoms with E-state index in [-0.39, 0.29) is 12.0 Å². The molecule has 0 bridgehead atoms. The highest BCUT2D eigenvalue weighted by Crippen LogP contribution is 2.58. The van der Waals surface area contributed by atoms with Crippen molar-refractivity contribution in [1.82, 2.24) is 5.32 Å². The van der Waals surface area contributed by atoms with Gasteiger partial charge in [0.1, 0.15) is 5.60 Å². The van der Waals surface area contributed by atoms with Crippen LogP contribution in [0.2, 0.25) is 0 Å². The third-order valence-corrected chi connectivity index (χ3v) is 9.21. The number of ether oxygens (including phenoxy) is 1. The maximum absolute atomic E-state index is 12.7. The van der Waals surface area contributed by atoms with Crippen molar-refractivity contribution in [2.75, 3.05) is 11.5 Å². The smallest absolute Gasteiger partial charge is 0.407 e. The molecule has 166 valence electrons. The zero-order valence-corrected chi connectivity index (χ0v) is 19.7. The van der Waals surface area contributed by atoms with Crippen LogP contribution in [0, 0.1) is 11.8 Å². The molecule has 3 atom stereocenters. The molecule has 0 radical (unpaired) electrons. The van der Waals surface area contributed by atoms with Crippen molar-refractivity contribution < 1.29 is 19.4 Å². The molecule has 2 fully saturated rings. The van der Waals surface area contributed by atoms with Crippen molar-refractivity contribution in [3.05, 3.63) is 35.9 Å². The summed E-state index contributed by atoms with van der Waals surface area (Å²) in [7, 11) is 0. The average molecular weight is 452 g/mol. The van der Waals surface area contributed by atoms with Gasteiger partial charge in [-0.25, -0.2) is 4.79 Å². The minimum atomic E-state index is -0.733. The molecule has 3 unspecified atom stereocenters. The number of hydrogen-bond acceptors (Lipinski definition) is 5. The van der Waals surface area contributed by atoms with Gasteiger partial charge in [0.25, 0.3) is 0 Å². The van der Waals surface area contributed by atoms with E-state index in [1.54, 1.807) is 23.5 Å². The number of thioether (sulfide) groups is 2. The van der Waals surface area contributed by atoms with Gasteiger partial charge in [0.15, 0.2) is 0 Å². The van der Waals surface area contributed by atoms with E-state index in [1.807, 2.05) is 39.0 Å². The Morgan fingerprint density at radius 2 is 1.80 bits per heavy atom. The summed E-state index contributed by atoms with van der Waals surface area (Å²) in [6, 6.07) is 10.1. The maximum atomic E-state index is 12.7. The van der Waals surface area contributed by atoms with E-state index < -0.39 is 27.7 Å². The van der Waals surface area contributed by atoms with Gasteiger partial charge in [0, 0.05) is 6.04 Å². The van der Waals surface area contributed by atoms with Crippen molar-refractivity contribution in [2.45, 2.75) is 68.6 Å². The van der Waals surface area contributed by atoms with Crippen LogP contribution in [-0.2, 0) is 13.6 Å². The first-order valence-electron chi connectivity index (χ1n) is 10.8. The molecule has 7 heteroatoms. The van der Waals surface area contributed by atoms with Crippen LogP contribution in [0.4, 0.5) is 4.79 Å². The molecular formula is C23H33NO4S2. The molecule has 0 spiro atoms. The number of nitrogens with one attached hydrogen (secondary N) is 1. The highest BCUT2D eigenvalue weighted by atomic mass is 32.2. The number of amides is 1. The van der Waals surface area contributed by atoms with Crippen LogP contribution < -0.4 is 5.32 Å². The molecule has 1 aliphatic carbocycles.